The van der Waals surface area contributed by atoms with Crippen LogP contribution in [-0.2, 0) is 10.0 Å². The lowest BCUT2D eigenvalue weighted by molar-refractivity contribution is 0.0696. The van der Waals surface area contributed by atoms with E-state index in [0.717, 1.165) is 4.70 Å². The van der Waals surface area contributed by atoms with E-state index in [4.69, 9.17) is 9.84 Å². The van der Waals surface area contributed by atoms with Crippen molar-refractivity contribution in [2.24, 2.45) is 0 Å². The second-order valence-electron chi connectivity index (χ2n) is 5.02. The van der Waals surface area contributed by atoms with Crippen LogP contribution in [0.5, 0.6) is 5.75 Å². The number of rotatable bonds is 6. The number of ether oxygens (including phenoxy) is 1. The number of hydrogen-bond acceptors (Lipinski definition) is 6. The number of anilines is 1. The van der Waals surface area contributed by atoms with Crippen molar-refractivity contribution in [3.05, 3.63) is 48.0 Å². The zero-order valence-corrected chi connectivity index (χ0v) is 14.7. The lowest BCUT2D eigenvalue weighted by Gasteiger charge is -2.05. The average molecular weight is 378 g/mol. The molecule has 1 heterocycles. The van der Waals surface area contributed by atoms with Gasteiger partial charge in [-0.1, -0.05) is 11.3 Å². The highest BCUT2D eigenvalue weighted by Gasteiger charge is 2.17. The molecule has 0 saturated heterocycles. The summed E-state index contributed by atoms with van der Waals surface area (Å²) in [5.74, 6) is -0.425. The van der Waals surface area contributed by atoms with Gasteiger partial charge in [-0.25, -0.2) is 18.2 Å². The molecular formula is C16H14N2O5S2. The van der Waals surface area contributed by atoms with Crippen molar-refractivity contribution < 1.29 is 23.1 Å². The van der Waals surface area contributed by atoms with Gasteiger partial charge in [-0.15, -0.1) is 0 Å². The zero-order valence-electron chi connectivity index (χ0n) is 13.1. The Morgan fingerprint density at radius 1 is 1.24 bits per heavy atom. The van der Waals surface area contributed by atoms with E-state index in [2.05, 4.69) is 9.71 Å². The predicted octanol–water partition coefficient (Wildman–Crippen LogP) is 3.19. The van der Waals surface area contributed by atoms with Crippen LogP contribution < -0.4 is 9.46 Å². The van der Waals surface area contributed by atoms with E-state index in [1.165, 1.54) is 35.6 Å². The number of thiazole rings is 1. The van der Waals surface area contributed by atoms with Crippen LogP contribution in [0.3, 0.4) is 0 Å². The van der Waals surface area contributed by atoms with E-state index < -0.39 is 16.0 Å². The van der Waals surface area contributed by atoms with E-state index >= 15 is 0 Å². The molecule has 0 saturated carbocycles. The van der Waals surface area contributed by atoms with E-state index in [0.29, 0.717) is 17.9 Å². The summed E-state index contributed by atoms with van der Waals surface area (Å²) in [5, 5.41) is 9.10. The van der Waals surface area contributed by atoms with E-state index in [-0.39, 0.29) is 15.6 Å². The Morgan fingerprint density at radius 3 is 2.60 bits per heavy atom. The van der Waals surface area contributed by atoms with Crippen LogP contribution in [0.2, 0.25) is 0 Å². The molecule has 3 aromatic rings. The molecule has 3 rings (SSSR count). The number of fused-ring (bicyclic) bond motifs is 1. The summed E-state index contributed by atoms with van der Waals surface area (Å²) in [6, 6.07) is 10.3. The summed E-state index contributed by atoms with van der Waals surface area (Å²) in [5.41, 5.74) is 0.676. The maximum absolute atomic E-state index is 12.4. The topological polar surface area (TPSA) is 106 Å². The van der Waals surface area contributed by atoms with Gasteiger partial charge in [0.05, 0.1) is 27.3 Å². The van der Waals surface area contributed by atoms with Gasteiger partial charge in [0.1, 0.15) is 5.75 Å². The first-order valence-corrected chi connectivity index (χ1v) is 9.58. The number of aromatic carboxylic acids is 1. The molecule has 130 valence electrons. The fourth-order valence-corrected chi connectivity index (χ4v) is 4.28. The normalized spacial score (nSPS) is 11.4. The van der Waals surface area contributed by atoms with Crippen molar-refractivity contribution in [1.82, 2.24) is 4.98 Å². The Labute approximate surface area is 148 Å². The molecule has 0 bridgehead atoms. The van der Waals surface area contributed by atoms with Crippen molar-refractivity contribution in [3.8, 4) is 5.75 Å². The fourth-order valence-electron chi connectivity index (χ4n) is 2.16. The lowest BCUT2D eigenvalue weighted by Crippen LogP contribution is -2.13. The second-order valence-corrected chi connectivity index (χ2v) is 7.73. The van der Waals surface area contributed by atoms with Crippen LogP contribution in [-0.4, -0.2) is 31.1 Å². The molecular weight excluding hydrogens is 364 g/mol. The van der Waals surface area contributed by atoms with Crippen molar-refractivity contribution in [2.75, 3.05) is 11.3 Å². The third-order valence-electron chi connectivity index (χ3n) is 3.30. The smallest absolute Gasteiger partial charge is 0.335 e. The highest BCUT2D eigenvalue weighted by molar-refractivity contribution is 7.93. The zero-order chi connectivity index (χ0) is 18.0. The largest absolute Gasteiger partial charge is 0.494 e. The van der Waals surface area contributed by atoms with Gasteiger partial charge in [-0.2, -0.15) is 0 Å². The highest BCUT2D eigenvalue weighted by atomic mass is 32.2. The van der Waals surface area contributed by atoms with Crippen molar-refractivity contribution >= 4 is 42.7 Å². The molecule has 2 aromatic carbocycles. The van der Waals surface area contributed by atoms with Crippen molar-refractivity contribution in [1.29, 1.82) is 0 Å². The first kappa shape index (κ1) is 17.2. The number of hydrogen-bond donors (Lipinski definition) is 2. The van der Waals surface area contributed by atoms with E-state index in [1.54, 1.807) is 18.2 Å². The second kappa shape index (κ2) is 6.69. The number of carboxylic acid groups (broad SMARTS) is 1. The molecule has 1 aromatic heterocycles. The molecule has 0 unspecified atom stereocenters. The summed E-state index contributed by atoms with van der Waals surface area (Å²) in [6.45, 7) is 2.42. The maximum Gasteiger partial charge on any atom is 0.335 e. The first-order valence-electron chi connectivity index (χ1n) is 7.28. The SMILES string of the molecule is CCOc1ccc2nc(NS(=O)(=O)c3ccc(C(=O)O)cc3)sc2c1. The Balaban J connectivity index is 1.87. The minimum Gasteiger partial charge on any atom is -0.494 e. The molecule has 0 aliphatic carbocycles. The van der Waals surface area contributed by atoms with E-state index in [9.17, 15) is 13.2 Å². The quantitative estimate of drug-likeness (QED) is 0.682. The van der Waals surface area contributed by atoms with Gasteiger partial charge in [-0.05, 0) is 49.4 Å². The van der Waals surface area contributed by atoms with Crippen molar-refractivity contribution in [3.63, 3.8) is 0 Å². The Kier molecular flexibility index (Phi) is 4.60. The number of aromatic nitrogens is 1. The maximum atomic E-state index is 12.4. The van der Waals surface area contributed by atoms with Crippen LogP contribution in [0.15, 0.2) is 47.4 Å². The third-order valence-corrected chi connectivity index (χ3v) is 5.72. The number of carbonyl (C=O) groups is 1. The Hall–Kier alpha value is -2.65. The Morgan fingerprint density at radius 2 is 1.96 bits per heavy atom. The summed E-state index contributed by atoms with van der Waals surface area (Å²) in [6.07, 6.45) is 0. The summed E-state index contributed by atoms with van der Waals surface area (Å²) in [4.78, 5) is 15.1. The molecule has 0 radical (unpaired) electrons. The molecule has 0 fully saturated rings. The first-order chi connectivity index (χ1) is 11.9. The highest BCUT2D eigenvalue weighted by Crippen LogP contribution is 2.30. The third kappa shape index (κ3) is 3.72. The van der Waals surface area contributed by atoms with Gasteiger partial charge >= 0.3 is 5.97 Å². The minimum absolute atomic E-state index is 0.0161. The molecule has 9 heteroatoms. The van der Waals surface area contributed by atoms with Gasteiger partial charge in [-0.3, -0.25) is 4.72 Å². The molecule has 2 N–H and O–H groups in total. The van der Waals surface area contributed by atoms with Gasteiger partial charge < -0.3 is 9.84 Å². The van der Waals surface area contributed by atoms with Crippen LogP contribution in [0.1, 0.15) is 17.3 Å². The summed E-state index contributed by atoms with van der Waals surface area (Å²) in [7, 11) is -3.85. The number of carboxylic acids is 1. The van der Waals surface area contributed by atoms with Gasteiger partial charge in [0.15, 0.2) is 5.13 Å². The standard InChI is InChI=1S/C16H14N2O5S2/c1-2-23-11-5-8-13-14(9-11)24-16(17-13)18-25(21,22)12-6-3-10(4-7-12)15(19)20/h3-9H,2H2,1H3,(H,17,18)(H,19,20). The minimum atomic E-state index is -3.85. The van der Waals surface area contributed by atoms with E-state index in [1.807, 2.05) is 6.92 Å². The van der Waals surface area contributed by atoms with Crippen LogP contribution in [0.4, 0.5) is 5.13 Å². The number of nitrogens with zero attached hydrogens (tertiary/aromatic N) is 1. The molecule has 25 heavy (non-hydrogen) atoms. The number of nitrogens with one attached hydrogen (secondary N) is 1. The summed E-state index contributed by atoms with van der Waals surface area (Å²) < 4.78 is 33.5. The molecule has 0 amide bonds. The van der Waals surface area contributed by atoms with Gasteiger partial charge in [0.25, 0.3) is 10.0 Å². The number of benzene rings is 2. The lowest BCUT2D eigenvalue weighted by atomic mass is 10.2. The van der Waals surface area contributed by atoms with Gasteiger partial charge in [0, 0.05) is 0 Å². The Bertz CT molecular complexity index is 1030. The average Bonchev–Trinajstić information content (AvgIpc) is 2.96. The van der Waals surface area contributed by atoms with Gasteiger partial charge in [0.2, 0.25) is 0 Å². The number of sulfonamides is 1. The molecule has 7 nitrogen and oxygen atoms in total. The molecule has 0 spiro atoms. The molecule has 0 atom stereocenters. The fraction of sp³-hybridized carbons (Fsp3) is 0.125. The predicted molar refractivity (Wildman–Crippen MR) is 95.0 cm³/mol. The monoisotopic (exact) mass is 378 g/mol. The van der Waals surface area contributed by atoms with Crippen LogP contribution >= 0.6 is 11.3 Å². The van der Waals surface area contributed by atoms with Crippen molar-refractivity contribution in [2.45, 2.75) is 11.8 Å². The molecule has 0 aliphatic rings. The van der Waals surface area contributed by atoms with Crippen LogP contribution in [0, 0.1) is 0 Å². The van der Waals surface area contributed by atoms with Crippen LogP contribution in [0.25, 0.3) is 10.2 Å². The summed E-state index contributed by atoms with van der Waals surface area (Å²) >= 11 is 1.19. The molecule has 0 aliphatic heterocycles.